The minimum absolute atomic E-state index is 0.0822. The molecule has 0 aromatic heterocycles. The summed E-state index contributed by atoms with van der Waals surface area (Å²) in [6.45, 7) is 4.87. The Morgan fingerprint density at radius 2 is 1.90 bits per heavy atom. The van der Waals surface area contributed by atoms with Crippen molar-refractivity contribution in [2.24, 2.45) is 0 Å². The number of anilines is 1. The standard InChI is InChI=1S/C22H26BrN3O4S/c1-14(2)30-19-9-8-16(23)13-18(19)21(28)26-22(31)25-17-7-4-6-15(12-17)20(27)24-10-5-11-29-3/h4,6-9,12-14H,5,10-11H2,1-3H3,(H,24,27)(H2,25,26,28,31). The van der Waals surface area contributed by atoms with Gasteiger partial charge in [-0.3, -0.25) is 14.9 Å². The molecule has 2 aromatic rings. The summed E-state index contributed by atoms with van der Waals surface area (Å²) in [6, 6.07) is 12.1. The molecule has 0 spiro atoms. The third kappa shape index (κ3) is 8.28. The zero-order valence-electron chi connectivity index (χ0n) is 17.7. The first kappa shape index (κ1) is 24.8. The van der Waals surface area contributed by atoms with Crippen molar-refractivity contribution in [3.63, 3.8) is 0 Å². The average Bonchev–Trinajstić information content (AvgIpc) is 2.72. The van der Waals surface area contributed by atoms with Crippen molar-refractivity contribution in [2.45, 2.75) is 26.4 Å². The number of nitrogens with one attached hydrogen (secondary N) is 3. The molecule has 0 radical (unpaired) electrons. The van der Waals surface area contributed by atoms with Crippen LogP contribution in [0.4, 0.5) is 5.69 Å². The Hall–Kier alpha value is -2.49. The fourth-order valence-electron chi connectivity index (χ4n) is 2.63. The Morgan fingerprint density at radius 3 is 2.61 bits per heavy atom. The van der Waals surface area contributed by atoms with Gasteiger partial charge in [0.05, 0.1) is 11.7 Å². The van der Waals surface area contributed by atoms with E-state index in [1.165, 1.54) is 0 Å². The van der Waals surface area contributed by atoms with Crippen molar-refractivity contribution < 1.29 is 19.1 Å². The fraction of sp³-hybridized carbons (Fsp3) is 0.318. The van der Waals surface area contributed by atoms with Gasteiger partial charge in [0.15, 0.2) is 5.11 Å². The smallest absolute Gasteiger partial charge is 0.261 e. The first-order valence-electron chi connectivity index (χ1n) is 9.76. The number of amides is 2. The molecule has 0 atom stereocenters. The Labute approximate surface area is 196 Å². The second-order valence-electron chi connectivity index (χ2n) is 6.90. The number of ether oxygens (including phenoxy) is 2. The van der Waals surface area contributed by atoms with Crippen LogP contribution < -0.4 is 20.7 Å². The molecule has 0 aliphatic carbocycles. The normalized spacial score (nSPS) is 10.5. The van der Waals surface area contributed by atoms with Gasteiger partial charge in [0.1, 0.15) is 5.75 Å². The Bertz CT molecular complexity index is 937. The third-order valence-corrected chi connectivity index (χ3v) is 4.67. The maximum atomic E-state index is 12.7. The van der Waals surface area contributed by atoms with Crippen molar-refractivity contribution in [1.29, 1.82) is 0 Å². The molecule has 2 rings (SSSR count). The molecule has 0 aliphatic rings. The van der Waals surface area contributed by atoms with Crippen molar-refractivity contribution in [3.8, 4) is 5.75 Å². The molecule has 0 heterocycles. The minimum Gasteiger partial charge on any atom is -0.490 e. The lowest BCUT2D eigenvalue weighted by molar-refractivity contribution is 0.0945. The number of thiocarbonyl (C=S) groups is 1. The average molecular weight is 508 g/mol. The zero-order chi connectivity index (χ0) is 22.8. The first-order valence-corrected chi connectivity index (χ1v) is 11.0. The van der Waals surface area contributed by atoms with Gasteiger partial charge in [0, 0.05) is 36.0 Å². The van der Waals surface area contributed by atoms with E-state index in [4.69, 9.17) is 21.7 Å². The van der Waals surface area contributed by atoms with Crippen LogP contribution in [0.2, 0.25) is 0 Å². The molecule has 7 nitrogen and oxygen atoms in total. The lowest BCUT2D eigenvalue weighted by Crippen LogP contribution is -2.34. The summed E-state index contributed by atoms with van der Waals surface area (Å²) in [4.78, 5) is 25.0. The Kier molecular flexibility index (Phi) is 9.90. The number of hydrogen-bond donors (Lipinski definition) is 3. The van der Waals surface area contributed by atoms with Gasteiger partial charge in [-0.05, 0) is 68.9 Å². The predicted octanol–water partition coefficient (Wildman–Crippen LogP) is 4.13. The predicted molar refractivity (Wildman–Crippen MR) is 129 cm³/mol. The van der Waals surface area contributed by atoms with E-state index in [-0.39, 0.29) is 17.1 Å². The topological polar surface area (TPSA) is 88.7 Å². The molecule has 166 valence electrons. The lowest BCUT2D eigenvalue weighted by atomic mass is 10.2. The van der Waals surface area contributed by atoms with Crippen LogP contribution >= 0.6 is 28.1 Å². The molecule has 0 bridgehead atoms. The summed E-state index contributed by atoms with van der Waals surface area (Å²) in [7, 11) is 1.62. The van der Waals surface area contributed by atoms with E-state index in [9.17, 15) is 9.59 Å². The van der Waals surface area contributed by atoms with Gasteiger partial charge in [-0.2, -0.15) is 0 Å². The molecule has 0 saturated carbocycles. The maximum Gasteiger partial charge on any atom is 0.261 e. The van der Waals surface area contributed by atoms with E-state index in [1.807, 2.05) is 13.8 Å². The maximum absolute atomic E-state index is 12.7. The number of hydrogen-bond acceptors (Lipinski definition) is 5. The molecule has 2 amide bonds. The van der Waals surface area contributed by atoms with Gasteiger partial charge in [-0.25, -0.2) is 0 Å². The molecule has 0 aliphatic heterocycles. The van der Waals surface area contributed by atoms with Crippen LogP contribution in [0.5, 0.6) is 5.75 Å². The number of rotatable bonds is 9. The van der Waals surface area contributed by atoms with Gasteiger partial charge in [-0.1, -0.05) is 22.0 Å². The van der Waals surface area contributed by atoms with E-state index in [0.29, 0.717) is 35.7 Å². The van der Waals surface area contributed by atoms with Crippen LogP contribution in [-0.2, 0) is 4.74 Å². The monoisotopic (exact) mass is 507 g/mol. The number of carbonyl (C=O) groups is 2. The Morgan fingerprint density at radius 1 is 1.13 bits per heavy atom. The van der Waals surface area contributed by atoms with Gasteiger partial charge >= 0.3 is 0 Å². The summed E-state index contributed by atoms with van der Waals surface area (Å²) < 4.78 is 11.4. The van der Waals surface area contributed by atoms with Crippen LogP contribution in [0.15, 0.2) is 46.9 Å². The minimum atomic E-state index is -0.401. The quantitative estimate of drug-likeness (QED) is 0.349. The van der Waals surface area contributed by atoms with E-state index in [0.717, 1.165) is 10.9 Å². The summed E-state index contributed by atoms with van der Waals surface area (Å²) in [5, 5.41) is 8.52. The summed E-state index contributed by atoms with van der Waals surface area (Å²) in [5.41, 5.74) is 1.43. The second-order valence-corrected chi connectivity index (χ2v) is 8.22. The molecule has 0 unspecified atom stereocenters. The number of carbonyl (C=O) groups excluding carboxylic acids is 2. The van der Waals surface area contributed by atoms with Crippen LogP contribution in [0.25, 0.3) is 0 Å². The van der Waals surface area contributed by atoms with Crippen LogP contribution in [0.3, 0.4) is 0 Å². The highest BCUT2D eigenvalue weighted by Gasteiger charge is 2.16. The summed E-state index contributed by atoms with van der Waals surface area (Å²) >= 11 is 8.64. The van der Waals surface area contributed by atoms with Crippen LogP contribution in [0, 0.1) is 0 Å². The van der Waals surface area contributed by atoms with Crippen LogP contribution in [0.1, 0.15) is 41.0 Å². The number of halogens is 1. The molecule has 9 heteroatoms. The highest BCUT2D eigenvalue weighted by Crippen LogP contribution is 2.24. The largest absolute Gasteiger partial charge is 0.490 e. The highest BCUT2D eigenvalue weighted by atomic mass is 79.9. The van der Waals surface area contributed by atoms with E-state index in [1.54, 1.807) is 49.6 Å². The number of methoxy groups -OCH3 is 1. The van der Waals surface area contributed by atoms with E-state index < -0.39 is 5.91 Å². The number of benzene rings is 2. The van der Waals surface area contributed by atoms with Gasteiger partial charge in [0.25, 0.3) is 11.8 Å². The molecule has 2 aromatic carbocycles. The first-order chi connectivity index (χ1) is 14.8. The van der Waals surface area contributed by atoms with Gasteiger partial charge < -0.3 is 20.1 Å². The SMILES string of the molecule is COCCCNC(=O)c1cccc(NC(=S)NC(=O)c2cc(Br)ccc2OC(C)C)c1. The van der Waals surface area contributed by atoms with E-state index >= 15 is 0 Å². The molecule has 3 N–H and O–H groups in total. The zero-order valence-corrected chi connectivity index (χ0v) is 20.1. The van der Waals surface area contributed by atoms with Gasteiger partial charge in [0.2, 0.25) is 0 Å². The molecule has 31 heavy (non-hydrogen) atoms. The van der Waals surface area contributed by atoms with E-state index in [2.05, 4.69) is 31.9 Å². The van der Waals surface area contributed by atoms with Crippen molar-refractivity contribution >= 4 is 50.8 Å². The summed E-state index contributed by atoms with van der Waals surface area (Å²) in [5.74, 6) is -0.133. The van der Waals surface area contributed by atoms with Crippen LogP contribution in [-0.4, -0.2) is 43.3 Å². The Balaban J connectivity index is 2.01. The molecule has 0 saturated heterocycles. The molecular weight excluding hydrogens is 482 g/mol. The summed E-state index contributed by atoms with van der Waals surface area (Å²) in [6.07, 6.45) is 0.648. The lowest BCUT2D eigenvalue weighted by Gasteiger charge is -2.15. The third-order valence-electron chi connectivity index (χ3n) is 3.97. The molecular formula is C22H26BrN3O4S. The van der Waals surface area contributed by atoms with Crippen molar-refractivity contribution in [2.75, 3.05) is 25.6 Å². The fourth-order valence-corrected chi connectivity index (χ4v) is 3.20. The van der Waals surface area contributed by atoms with Crippen molar-refractivity contribution in [1.82, 2.24) is 10.6 Å². The van der Waals surface area contributed by atoms with Crippen molar-refractivity contribution in [3.05, 3.63) is 58.1 Å². The second kappa shape index (κ2) is 12.4. The highest BCUT2D eigenvalue weighted by molar-refractivity contribution is 9.10. The van der Waals surface area contributed by atoms with Gasteiger partial charge in [-0.15, -0.1) is 0 Å². The molecule has 0 fully saturated rings.